The second kappa shape index (κ2) is 29.5. The minimum absolute atomic E-state index is 1.13. The fraction of sp³-hybridized carbons (Fsp3) is 0.164. The molecule has 10 rings (SSSR count). The highest BCUT2D eigenvalue weighted by atomic mass is 79.9. The molecule has 3 nitrogen and oxygen atoms in total. The van der Waals surface area contributed by atoms with E-state index in [1.54, 1.807) is 45.3 Å². The molecule has 6 aromatic carbocycles. The van der Waals surface area contributed by atoms with Crippen LogP contribution in [0.1, 0.15) is 86.0 Å². The largest absolute Gasteiger partial charge is 0.356 e. The van der Waals surface area contributed by atoms with Crippen LogP contribution in [0.4, 0.5) is 44.1 Å². The minimum Gasteiger partial charge on any atom is -0.356 e. The maximum atomic E-state index is 3.44. The van der Waals surface area contributed by atoms with Gasteiger partial charge in [-0.15, -0.1) is 45.3 Å². The fourth-order valence-corrected chi connectivity index (χ4v) is 12.2. The molecule has 388 valence electrons. The third-order valence-electron chi connectivity index (χ3n) is 11.9. The summed E-state index contributed by atoms with van der Waals surface area (Å²) in [7, 11) is 0. The summed E-state index contributed by atoms with van der Waals surface area (Å²) in [6.45, 7) is 17.1. The van der Waals surface area contributed by atoms with Crippen molar-refractivity contribution in [2.24, 2.45) is 0 Å². The molecule has 0 saturated heterocycles. The van der Waals surface area contributed by atoms with Crippen molar-refractivity contribution >= 4 is 146 Å². The smallest absolute Gasteiger partial charge is 0.100 e. The Balaban J connectivity index is 0.000000199. The van der Waals surface area contributed by atoms with E-state index in [-0.39, 0.29) is 0 Å². The van der Waals surface area contributed by atoms with E-state index in [0.717, 1.165) is 34.1 Å². The molecule has 0 saturated carbocycles. The van der Waals surface area contributed by atoms with Crippen LogP contribution in [0, 0.1) is 41.5 Å². The van der Waals surface area contributed by atoms with Crippen LogP contribution >= 0.6 is 77.2 Å². The molecule has 0 bridgehead atoms. The number of benzene rings is 6. The maximum absolute atomic E-state index is 3.44. The van der Waals surface area contributed by atoms with Crippen LogP contribution in [-0.2, 0) is 0 Å². The number of aryl methyl sites for hydroxylation is 6. The summed E-state index contributed by atoms with van der Waals surface area (Å²) in [4.78, 5) is 9.65. The summed E-state index contributed by atoms with van der Waals surface area (Å²) in [6.07, 6.45) is 12.8. The highest BCUT2D eigenvalue weighted by molar-refractivity contribution is 9.11. The van der Waals surface area contributed by atoms with Crippen molar-refractivity contribution in [1.82, 2.24) is 0 Å². The van der Waals surface area contributed by atoms with Gasteiger partial charge in [-0.1, -0.05) is 139 Å². The Morgan fingerprint density at radius 2 is 0.579 bits per heavy atom. The number of thiophene rings is 4. The van der Waals surface area contributed by atoms with E-state index in [9.17, 15) is 0 Å². The molecule has 0 aliphatic carbocycles. The Morgan fingerprint density at radius 3 is 0.816 bits per heavy atom. The van der Waals surface area contributed by atoms with Gasteiger partial charge >= 0.3 is 0 Å². The first-order chi connectivity index (χ1) is 36.8. The SMILES string of the molecule is Brc1ccc(/C=C/c2ccc(Br)s2)s1.CCCCC.Cc1ccc(N(c2ccc(C)cc2)c2ccc(/C=C/c3ccc(N(c4ccc(C)cc4)c4ccc(C)cc4)s3)s2)cc1.Cc1ccc(Nc2ccc(C)cc2)cc1. The monoisotopic (exact) mass is 1200 g/mol. The second-order valence-corrected chi connectivity index (χ2v) is 25.7. The maximum Gasteiger partial charge on any atom is 0.100 e. The highest BCUT2D eigenvalue weighted by Crippen LogP contribution is 2.42. The van der Waals surface area contributed by atoms with E-state index in [2.05, 4.69) is 321 Å². The summed E-state index contributed by atoms with van der Waals surface area (Å²) >= 11 is 14.0. The van der Waals surface area contributed by atoms with Crippen LogP contribution in [0.25, 0.3) is 24.3 Å². The number of nitrogens with one attached hydrogen (secondary N) is 1. The second-order valence-electron chi connectivity index (χ2n) is 18.5. The van der Waals surface area contributed by atoms with Crippen LogP contribution in [-0.4, -0.2) is 0 Å². The minimum atomic E-state index is 1.13. The number of hydrogen-bond donors (Lipinski definition) is 1. The topological polar surface area (TPSA) is 18.5 Å². The van der Waals surface area contributed by atoms with Gasteiger partial charge in [-0.3, -0.25) is 0 Å². The molecule has 0 aliphatic rings. The molecule has 0 spiro atoms. The van der Waals surface area contributed by atoms with Crippen LogP contribution in [0.3, 0.4) is 0 Å². The van der Waals surface area contributed by atoms with Crippen molar-refractivity contribution in [2.45, 2.75) is 74.7 Å². The molecule has 10 aromatic rings. The summed E-state index contributed by atoms with van der Waals surface area (Å²) in [5, 5.41) is 5.75. The Bertz CT molecular complexity index is 3030. The standard InChI is InChI=1S/C38H34N2S2.C14H15N.C10H6Br2S2.C5H12/c1-27-5-13-31(14-6-27)39(32-15-7-28(2)8-16-32)37-25-23-35(41-37)21-22-36-24-26-38(42-36)40(33-17-9-29(3)10-18-33)34-19-11-30(4)12-20-34;1-11-3-7-13(8-4-11)15-14-9-5-12(2)6-10-14;11-9-5-3-7(13-9)1-2-8-4-6-10(12)14-8;1-3-5-4-2/h5-26H,1-4H3;3-10,15H,1-2H3;1-6H;3-5H2,1-2H3/b22-21+;;2-1+;. The number of anilines is 8. The summed E-state index contributed by atoms with van der Waals surface area (Å²) < 4.78 is 2.34. The van der Waals surface area contributed by atoms with Gasteiger partial charge in [0.25, 0.3) is 0 Å². The molecular weight excluding hydrogens is 1130 g/mol. The lowest BCUT2D eigenvalue weighted by Crippen LogP contribution is -2.08. The van der Waals surface area contributed by atoms with E-state index in [0.29, 0.717) is 0 Å². The Hall–Kier alpha value is -6.04. The number of hydrogen-bond acceptors (Lipinski definition) is 7. The van der Waals surface area contributed by atoms with Gasteiger partial charge in [0.2, 0.25) is 0 Å². The molecule has 0 aliphatic heterocycles. The average Bonchev–Trinajstić information content (AvgIpc) is 4.29. The third kappa shape index (κ3) is 18.0. The summed E-state index contributed by atoms with van der Waals surface area (Å²) in [5.41, 5.74) is 14.5. The Labute approximate surface area is 485 Å². The molecule has 0 atom stereocenters. The number of halogens is 2. The van der Waals surface area contributed by atoms with Gasteiger partial charge in [-0.05, 0) is 219 Å². The lowest BCUT2D eigenvalue weighted by atomic mass is 10.1. The molecule has 0 unspecified atom stereocenters. The van der Waals surface area contributed by atoms with Crippen LogP contribution < -0.4 is 15.1 Å². The molecule has 76 heavy (non-hydrogen) atoms. The van der Waals surface area contributed by atoms with Crippen molar-refractivity contribution in [3.63, 3.8) is 0 Å². The Morgan fingerprint density at radius 1 is 0.329 bits per heavy atom. The van der Waals surface area contributed by atoms with E-state index in [4.69, 9.17) is 0 Å². The van der Waals surface area contributed by atoms with E-state index < -0.39 is 0 Å². The van der Waals surface area contributed by atoms with Crippen molar-refractivity contribution < 1.29 is 0 Å². The van der Waals surface area contributed by atoms with Crippen LogP contribution in [0.15, 0.2) is 202 Å². The van der Waals surface area contributed by atoms with Gasteiger partial charge in [0.1, 0.15) is 10.0 Å². The van der Waals surface area contributed by atoms with Gasteiger partial charge in [0.05, 0.1) is 7.57 Å². The zero-order valence-corrected chi connectivity index (χ0v) is 51.1. The van der Waals surface area contributed by atoms with Crippen LogP contribution in [0.2, 0.25) is 0 Å². The average molecular weight is 1200 g/mol. The molecule has 4 aromatic heterocycles. The van der Waals surface area contributed by atoms with Crippen molar-refractivity contribution in [3.8, 4) is 0 Å². The molecule has 0 amide bonds. The van der Waals surface area contributed by atoms with E-state index >= 15 is 0 Å². The van der Waals surface area contributed by atoms with Crippen molar-refractivity contribution in [2.75, 3.05) is 15.1 Å². The molecular formula is C67H67Br2N3S4. The predicted octanol–water partition coefficient (Wildman–Crippen LogP) is 23.9. The normalized spacial score (nSPS) is 10.8. The first kappa shape index (κ1) is 57.7. The van der Waals surface area contributed by atoms with Gasteiger partial charge < -0.3 is 15.1 Å². The quantitative estimate of drug-likeness (QED) is 0.117. The number of nitrogens with zero attached hydrogens (tertiary/aromatic N) is 2. The van der Waals surface area contributed by atoms with E-state index in [1.807, 2.05) is 0 Å². The van der Waals surface area contributed by atoms with E-state index in [1.165, 1.54) is 89.7 Å². The molecule has 4 heterocycles. The summed E-state index contributed by atoms with van der Waals surface area (Å²) in [5.74, 6) is 0. The van der Waals surface area contributed by atoms with Gasteiger partial charge in [-0.25, -0.2) is 0 Å². The number of rotatable bonds is 14. The molecule has 0 fully saturated rings. The first-order valence-electron chi connectivity index (χ1n) is 25.7. The fourth-order valence-electron chi connectivity index (χ4n) is 7.64. The van der Waals surface area contributed by atoms with Crippen LogP contribution in [0.5, 0.6) is 0 Å². The highest BCUT2D eigenvalue weighted by Gasteiger charge is 2.16. The van der Waals surface area contributed by atoms with Crippen molar-refractivity contribution in [3.05, 3.63) is 255 Å². The zero-order valence-electron chi connectivity index (χ0n) is 44.7. The molecule has 0 radical (unpaired) electrons. The molecule has 1 N–H and O–H groups in total. The van der Waals surface area contributed by atoms with Crippen molar-refractivity contribution in [1.29, 1.82) is 0 Å². The molecule has 9 heteroatoms. The Kier molecular flexibility index (Phi) is 22.4. The summed E-state index contributed by atoms with van der Waals surface area (Å²) in [6, 6.07) is 69.0. The van der Waals surface area contributed by atoms with Gasteiger partial charge in [-0.2, -0.15) is 0 Å². The third-order valence-corrected chi connectivity index (χ3v) is 17.2. The first-order valence-corrected chi connectivity index (χ1v) is 30.5. The lowest BCUT2D eigenvalue weighted by molar-refractivity contribution is 0.772. The van der Waals surface area contributed by atoms with Gasteiger partial charge in [0.15, 0.2) is 0 Å². The predicted molar refractivity (Wildman–Crippen MR) is 350 cm³/mol. The number of unbranched alkanes of at least 4 members (excludes halogenated alkanes) is 2. The lowest BCUT2D eigenvalue weighted by Gasteiger charge is -2.24. The zero-order chi connectivity index (χ0) is 53.8. The van der Waals surface area contributed by atoms with Gasteiger partial charge in [0, 0.05) is 53.6 Å².